The molecule has 0 bridgehead atoms. The van der Waals surface area contributed by atoms with Gasteiger partial charge in [0.1, 0.15) is 0 Å². The van der Waals surface area contributed by atoms with Gasteiger partial charge in [0.15, 0.2) is 0 Å². The molecule has 15 heavy (non-hydrogen) atoms. The van der Waals surface area contributed by atoms with Gasteiger partial charge < -0.3 is 15.0 Å². The minimum atomic E-state index is -0.340. The van der Waals surface area contributed by atoms with Gasteiger partial charge in [-0.3, -0.25) is 0 Å². The largest absolute Gasteiger partial charge is 0.453 e. The van der Waals surface area contributed by atoms with Crippen LogP contribution in [0.4, 0.5) is 4.79 Å². The normalized spacial score (nSPS) is 19.0. The zero-order chi connectivity index (χ0) is 10.7. The van der Waals surface area contributed by atoms with Crippen molar-refractivity contribution in [1.29, 1.82) is 0 Å². The van der Waals surface area contributed by atoms with Crippen LogP contribution in [0.2, 0.25) is 0 Å². The molecule has 84 valence electrons. The van der Waals surface area contributed by atoms with Crippen molar-refractivity contribution in [1.82, 2.24) is 10.2 Å². The van der Waals surface area contributed by atoms with Crippen LogP contribution in [0.5, 0.6) is 0 Å². The third-order valence-corrected chi connectivity index (χ3v) is 2.98. The Balaban J connectivity index is 1.90. The van der Waals surface area contributed by atoms with Crippen LogP contribution in [0.25, 0.3) is 0 Å². The quantitative estimate of drug-likeness (QED) is 0.767. The number of nitrogens with zero attached hydrogens (tertiary/aromatic N) is 1. The molecule has 0 radical (unpaired) electrons. The summed E-state index contributed by atoms with van der Waals surface area (Å²) < 4.78 is 4.57. The number of hydrogen-bond donors (Lipinski definition) is 1. The highest BCUT2D eigenvalue weighted by molar-refractivity contribution is 5.67. The van der Waals surface area contributed by atoms with Crippen molar-refractivity contribution in [3.05, 3.63) is 11.3 Å². The first-order chi connectivity index (χ1) is 7.31. The average Bonchev–Trinajstić information content (AvgIpc) is 2.94. The van der Waals surface area contributed by atoms with E-state index in [1.807, 2.05) is 0 Å². The summed E-state index contributed by atoms with van der Waals surface area (Å²) in [6.45, 7) is 2.91. The van der Waals surface area contributed by atoms with Crippen molar-refractivity contribution in [2.75, 3.05) is 26.7 Å². The Bertz CT molecular complexity index is 274. The van der Waals surface area contributed by atoms with Crippen molar-refractivity contribution in [2.24, 2.45) is 0 Å². The molecule has 2 rings (SSSR count). The molecule has 0 unspecified atom stereocenters. The van der Waals surface area contributed by atoms with Gasteiger partial charge in [-0.2, -0.15) is 0 Å². The Morgan fingerprint density at radius 1 is 1.40 bits per heavy atom. The van der Waals surface area contributed by atoms with Crippen LogP contribution in [-0.4, -0.2) is 37.7 Å². The maximum atomic E-state index is 11.0. The van der Waals surface area contributed by atoms with Crippen LogP contribution in [0.3, 0.4) is 0 Å². The fourth-order valence-corrected chi connectivity index (χ4v) is 2.03. The molecule has 4 heteroatoms. The van der Waals surface area contributed by atoms with Gasteiger partial charge in [-0.25, -0.2) is 4.79 Å². The summed E-state index contributed by atoms with van der Waals surface area (Å²) in [5, 5.41) is 2.77. The van der Waals surface area contributed by atoms with Gasteiger partial charge in [0.25, 0.3) is 0 Å². The van der Waals surface area contributed by atoms with E-state index < -0.39 is 0 Å². The molecule has 0 atom stereocenters. The number of amides is 1. The first-order valence-electron chi connectivity index (χ1n) is 5.59. The van der Waals surface area contributed by atoms with E-state index in [0.717, 1.165) is 13.1 Å². The topological polar surface area (TPSA) is 41.6 Å². The SMILES string of the molecule is COC(=O)NCC(=C1CC1)N1CCCC1. The van der Waals surface area contributed by atoms with Crippen molar-refractivity contribution >= 4 is 6.09 Å². The maximum Gasteiger partial charge on any atom is 0.407 e. The predicted octanol–water partition coefficient (Wildman–Crippen LogP) is 1.49. The van der Waals surface area contributed by atoms with Gasteiger partial charge in [0, 0.05) is 18.8 Å². The Morgan fingerprint density at radius 3 is 2.60 bits per heavy atom. The van der Waals surface area contributed by atoms with Crippen molar-refractivity contribution in [3.63, 3.8) is 0 Å². The number of methoxy groups -OCH3 is 1. The third-order valence-electron chi connectivity index (χ3n) is 2.98. The summed E-state index contributed by atoms with van der Waals surface area (Å²) >= 11 is 0. The van der Waals surface area contributed by atoms with Gasteiger partial charge in [-0.1, -0.05) is 0 Å². The van der Waals surface area contributed by atoms with E-state index in [2.05, 4.69) is 15.0 Å². The van der Waals surface area contributed by atoms with E-state index in [0.29, 0.717) is 6.54 Å². The Kier molecular flexibility index (Phi) is 3.14. The number of hydrogen-bond acceptors (Lipinski definition) is 3. The van der Waals surface area contributed by atoms with Crippen molar-refractivity contribution < 1.29 is 9.53 Å². The zero-order valence-corrected chi connectivity index (χ0v) is 9.21. The molecule has 1 heterocycles. The lowest BCUT2D eigenvalue weighted by Gasteiger charge is -2.21. The second kappa shape index (κ2) is 4.55. The molecule has 1 aliphatic heterocycles. The van der Waals surface area contributed by atoms with Crippen LogP contribution in [-0.2, 0) is 4.74 Å². The van der Waals surface area contributed by atoms with E-state index >= 15 is 0 Å². The number of ether oxygens (including phenoxy) is 1. The number of alkyl carbamates (subject to hydrolysis) is 1. The number of rotatable bonds is 3. The highest BCUT2D eigenvalue weighted by Crippen LogP contribution is 2.34. The molecule has 4 nitrogen and oxygen atoms in total. The summed E-state index contributed by atoms with van der Waals surface area (Å²) in [6, 6.07) is 0. The second-order valence-corrected chi connectivity index (χ2v) is 4.09. The molecule has 1 aliphatic carbocycles. The smallest absolute Gasteiger partial charge is 0.407 e. The van der Waals surface area contributed by atoms with Crippen LogP contribution in [0, 0.1) is 0 Å². The lowest BCUT2D eigenvalue weighted by molar-refractivity contribution is 0.171. The molecule has 2 aliphatic rings. The molecular formula is C11H18N2O2. The highest BCUT2D eigenvalue weighted by atomic mass is 16.5. The summed E-state index contributed by atoms with van der Waals surface area (Å²) in [6.07, 6.45) is 4.61. The van der Waals surface area contributed by atoms with E-state index in [9.17, 15) is 4.79 Å². The van der Waals surface area contributed by atoms with Gasteiger partial charge in [-0.05, 0) is 31.3 Å². The number of allylic oxidation sites excluding steroid dienone is 1. The highest BCUT2D eigenvalue weighted by Gasteiger charge is 2.24. The van der Waals surface area contributed by atoms with E-state index in [1.54, 1.807) is 0 Å². The predicted molar refractivity (Wildman–Crippen MR) is 57.5 cm³/mol. The first kappa shape index (κ1) is 10.3. The number of carbonyl (C=O) groups is 1. The van der Waals surface area contributed by atoms with Gasteiger partial charge in [0.2, 0.25) is 0 Å². The first-order valence-corrected chi connectivity index (χ1v) is 5.59. The average molecular weight is 210 g/mol. The molecule has 1 amide bonds. The number of nitrogens with one attached hydrogen (secondary N) is 1. The van der Waals surface area contributed by atoms with Crippen LogP contribution in [0.1, 0.15) is 25.7 Å². The molecule has 0 aromatic carbocycles. The molecule has 0 aromatic heterocycles. The third kappa shape index (κ3) is 2.64. The molecule has 0 aromatic rings. The van der Waals surface area contributed by atoms with Gasteiger partial charge >= 0.3 is 6.09 Å². The zero-order valence-electron chi connectivity index (χ0n) is 9.21. The van der Waals surface area contributed by atoms with Gasteiger partial charge in [-0.15, -0.1) is 0 Å². The molecular weight excluding hydrogens is 192 g/mol. The Hall–Kier alpha value is -1.19. The fourth-order valence-electron chi connectivity index (χ4n) is 2.03. The van der Waals surface area contributed by atoms with Crippen LogP contribution in [0.15, 0.2) is 11.3 Å². The Labute approximate surface area is 90.3 Å². The lowest BCUT2D eigenvalue weighted by Crippen LogP contribution is -2.31. The Morgan fingerprint density at radius 2 is 2.07 bits per heavy atom. The van der Waals surface area contributed by atoms with Crippen LogP contribution >= 0.6 is 0 Å². The van der Waals surface area contributed by atoms with Gasteiger partial charge in [0.05, 0.1) is 13.7 Å². The second-order valence-electron chi connectivity index (χ2n) is 4.09. The molecule has 2 fully saturated rings. The van der Waals surface area contributed by atoms with Crippen LogP contribution < -0.4 is 5.32 Å². The number of likely N-dealkylation sites (tertiary alicyclic amines) is 1. The molecule has 1 saturated heterocycles. The standard InChI is InChI=1S/C11H18N2O2/c1-15-11(14)12-8-10(9-4-5-9)13-6-2-3-7-13/h2-8H2,1H3,(H,12,14). The monoisotopic (exact) mass is 210 g/mol. The summed E-state index contributed by atoms with van der Waals surface area (Å²) in [5.41, 5.74) is 2.84. The van der Waals surface area contributed by atoms with E-state index in [4.69, 9.17) is 0 Å². The summed E-state index contributed by atoms with van der Waals surface area (Å²) in [5.74, 6) is 0. The summed E-state index contributed by atoms with van der Waals surface area (Å²) in [7, 11) is 1.40. The fraction of sp³-hybridized carbons (Fsp3) is 0.727. The summed E-state index contributed by atoms with van der Waals surface area (Å²) in [4.78, 5) is 13.4. The minimum Gasteiger partial charge on any atom is -0.453 e. The molecule has 1 saturated carbocycles. The van der Waals surface area contributed by atoms with Crippen molar-refractivity contribution in [3.8, 4) is 0 Å². The number of carbonyl (C=O) groups excluding carboxylic acids is 1. The minimum absolute atomic E-state index is 0.340. The van der Waals surface area contributed by atoms with E-state index in [-0.39, 0.29) is 6.09 Å². The van der Waals surface area contributed by atoms with Crippen molar-refractivity contribution in [2.45, 2.75) is 25.7 Å². The lowest BCUT2D eigenvalue weighted by atomic mass is 10.3. The molecule has 1 N–H and O–H groups in total. The van der Waals surface area contributed by atoms with E-state index in [1.165, 1.54) is 44.1 Å². The molecule has 0 spiro atoms. The maximum absolute atomic E-state index is 11.0.